The topological polar surface area (TPSA) is 128 Å². The largest absolute Gasteiger partial charge is 0.288 e. The third-order valence-electron chi connectivity index (χ3n) is 3.42. The molecule has 2 aromatic carbocycles. The van der Waals surface area contributed by atoms with E-state index < -0.39 is 10.8 Å². The Morgan fingerprint density at radius 1 is 1.25 bits per heavy atom. The lowest BCUT2D eigenvalue weighted by molar-refractivity contribution is -0.384. The van der Waals surface area contributed by atoms with E-state index in [0.717, 1.165) is 4.80 Å². The molecular formula is C16H11Cl2N7O3. The highest BCUT2D eigenvalue weighted by atomic mass is 35.5. The van der Waals surface area contributed by atoms with Crippen LogP contribution in [0.1, 0.15) is 5.56 Å². The number of nitro benzene ring substituents is 1. The van der Waals surface area contributed by atoms with Crippen LogP contribution in [0, 0.1) is 10.1 Å². The van der Waals surface area contributed by atoms with E-state index in [1.54, 1.807) is 24.3 Å². The van der Waals surface area contributed by atoms with Gasteiger partial charge in [-0.3, -0.25) is 14.9 Å². The van der Waals surface area contributed by atoms with E-state index in [0.29, 0.717) is 16.1 Å². The van der Waals surface area contributed by atoms with E-state index in [-0.39, 0.29) is 23.1 Å². The molecule has 0 bridgehead atoms. The van der Waals surface area contributed by atoms with Gasteiger partial charge in [0.05, 0.1) is 16.2 Å². The summed E-state index contributed by atoms with van der Waals surface area (Å²) < 4.78 is 0. The molecule has 3 aromatic rings. The Kier molecular flexibility index (Phi) is 5.92. The maximum atomic E-state index is 11.9. The standard InChI is InChI=1S/C16H11Cl2N7O3/c17-12-4-2-1-3-11(12)16-21-23-24(22-16)9-15(26)20-19-8-10-5-6-13(18)14(7-10)25(27)28/h1-8H,9H2,(H,20,26). The average molecular weight is 420 g/mol. The SMILES string of the molecule is O=C(Cn1nnc(-c2ccccc2Cl)n1)NN=Cc1ccc(Cl)c([N+](=O)[O-])c1. The van der Waals surface area contributed by atoms with Crippen molar-refractivity contribution in [3.63, 3.8) is 0 Å². The van der Waals surface area contributed by atoms with Gasteiger partial charge in [0, 0.05) is 17.2 Å². The summed E-state index contributed by atoms with van der Waals surface area (Å²) in [4.78, 5) is 23.3. The van der Waals surface area contributed by atoms with E-state index in [2.05, 4.69) is 25.9 Å². The number of halogens is 2. The van der Waals surface area contributed by atoms with E-state index in [9.17, 15) is 14.9 Å². The van der Waals surface area contributed by atoms with Crippen LogP contribution >= 0.6 is 23.2 Å². The molecule has 1 heterocycles. The summed E-state index contributed by atoms with van der Waals surface area (Å²) in [6, 6.07) is 11.1. The smallest absolute Gasteiger partial charge is 0.271 e. The number of amides is 1. The Hall–Kier alpha value is -3.37. The van der Waals surface area contributed by atoms with E-state index >= 15 is 0 Å². The van der Waals surface area contributed by atoms with Gasteiger partial charge in [0.1, 0.15) is 11.6 Å². The van der Waals surface area contributed by atoms with Crippen molar-refractivity contribution >= 4 is 41.0 Å². The highest BCUT2D eigenvalue weighted by Crippen LogP contribution is 2.24. The second-order valence-corrected chi connectivity index (χ2v) is 6.20. The molecule has 0 unspecified atom stereocenters. The Balaban J connectivity index is 1.61. The minimum Gasteiger partial charge on any atom is -0.271 e. The first kappa shape index (κ1) is 19.4. The second-order valence-electron chi connectivity index (χ2n) is 5.38. The molecule has 12 heteroatoms. The number of hydrazone groups is 1. The minimum atomic E-state index is -0.606. The summed E-state index contributed by atoms with van der Waals surface area (Å²) in [5.74, 6) is -0.224. The van der Waals surface area contributed by atoms with Crippen LogP contribution in [0.25, 0.3) is 11.4 Å². The summed E-state index contributed by atoms with van der Waals surface area (Å²) in [7, 11) is 0. The van der Waals surface area contributed by atoms with E-state index in [1.165, 1.54) is 24.4 Å². The molecule has 3 rings (SSSR count). The van der Waals surface area contributed by atoms with Crippen LogP contribution in [0.15, 0.2) is 47.6 Å². The van der Waals surface area contributed by atoms with Gasteiger partial charge < -0.3 is 0 Å². The van der Waals surface area contributed by atoms with Gasteiger partial charge in [-0.05, 0) is 23.4 Å². The summed E-state index contributed by atoms with van der Waals surface area (Å²) in [5.41, 5.74) is 3.02. The lowest BCUT2D eigenvalue weighted by Gasteiger charge is -1.99. The molecule has 28 heavy (non-hydrogen) atoms. The van der Waals surface area contributed by atoms with Crippen molar-refractivity contribution in [2.24, 2.45) is 5.10 Å². The number of carbonyl (C=O) groups excluding carboxylic acids is 1. The number of nitro groups is 1. The fourth-order valence-electron chi connectivity index (χ4n) is 2.15. The maximum Gasteiger partial charge on any atom is 0.288 e. The van der Waals surface area contributed by atoms with Crippen LogP contribution in [0.2, 0.25) is 10.0 Å². The Morgan fingerprint density at radius 3 is 2.79 bits per heavy atom. The normalized spacial score (nSPS) is 10.9. The van der Waals surface area contributed by atoms with Gasteiger partial charge in [0.15, 0.2) is 0 Å². The zero-order valence-corrected chi connectivity index (χ0v) is 15.5. The molecule has 0 atom stereocenters. The van der Waals surface area contributed by atoms with Crippen LogP contribution in [-0.4, -0.2) is 37.3 Å². The maximum absolute atomic E-state index is 11.9. The molecule has 0 radical (unpaired) electrons. The second kappa shape index (κ2) is 8.55. The van der Waals surface area contributed by atoms with Gasteiger partial charge in [-0.2, -0.15) is 9.90 Å². The number of rotatable bonds is 6. The Labute approximate surface area is 167 Å². The number of carbonyl (C=O) groups is 1. The molecule has 0 spiro atoms. The molecule has 0 aliphatic carbocycles. The summed E-state index contributed by atoms with van der Waals surface area (Å²) >= 11 is 11.8. The molecule has 0 saturated heterocycles. The monoisotopic (exact) mass is 419 g/mol. The molecule has 1 N–H and O–H groups in total. The number of hydrogen-bond donors (Lipinski definition) is 1. The summed E-state index contributed by atoms with van der Waals surface area (Å²) in [6.45, 7) is -0.227. The number of aromatic nitrogens is 4. The quantitative estimate of drug-likeness (QED) is 0.371. The molecule has 0 aliphatic heterocycles. The Bertz CT molecular complexity index is 1070. The molecule has 0 fully saturated rings. The third-order valence-corrected chi connectivity index (χ3v) is 4.07. The van der Waals surface area contributed by atoms with E-state index in [4.69, 9.17) is 23.2 Å². The minimum absolute atomic E-state index is 0.0118. The van der Waals surface area contributed by atoms with E-state index in [1.807, 2.05) is 0 Å². The lowest BCUT2D eigenvalue weighted by Crippen LogP contribution is -2.24. The van der Waals surface area contributed by atoms with Crippen molar-refractivity contribution in [2.75, 3.05) is 0 Å². The fraction of sp³-hybridized carbons (Fsp3) is 0.0625. The van der Waals surface area contributed by atoms with Gasteiger partial charge in [-0.1, -0.05) is 41.4 Å². The number of tetrazole rings is 1. The average Bonchev–Trinajstić information content (AvgIpc) is 3.11. The van der Waals surface area contributed by atoms with Gasteiger partial charge >= 0.3 is 0 Å². The van der Waals surface area contributed by atoms with Gasteiger partial charge in [-0.15, -0.1) is 10.2 Å². The fourth-order valence-corrected chi connectivity index (χ4v) is 2.56. The highest BCUT2D eigenvalue weighted by molar-refractivity contribution is 6.33. The highest BCUT2D eigenvalue weighted by Gasteiger charge is 2.13. The van der Waals surface area contributed by atoms with Crippen molar-refractivity contribution in [2.45, 2.75) is 6.54 Å². The van der Waals surface area contributed by atoms with Crippen LogP contribution in [0.3, 0.4) is 0 Å². The van der Waals surface area contributed by atoms with Crippen molar-refractivity contribution in [3.8, 4) is 11.4 Å². The molecular weight excluding hydrogens is 409 g/mol. The summed E-state index contributed by atoms with van der Waals surface area (Å²) in [5, 5.41) is 26.8. The molecule has 142 valence electrons. The third kappa shape index (κ3) is 4.67. The summed E-state index contributed by atoms with van der Waals surface area (Å²) in [6.07, 6.45) is 1.26. The molecule has 1 amide bonds. The zero-order chi connectivity index (χ0) is 20.1. The number of benzene rings is 2. The van der Waals surface area contributed by atoms with Crippen molar-refractivity contribution < 1.29 is 9.72 Å². The van der Waals surface area contributed by atoms with Crippen molar-refractivity contribution in [1.29, 1.82) is 0 Å². The number of nitrogens with one attached hydrogen (secondary N) is 1. The van der Waals surface area contributed by atoms with Gasteiger partial charge in [0.2, 0.25) is 5.82 Å². The predicted octanol–water partition coefficient (Wildman–Crippen LogP) is 2.71. The van der Waals surface area contributed by atoms with Gasteiger partial charge in [0.25, 0.3) is 11.6 Å². The zero-order valence-electron chi connectivity index (χ0n) is 14.0. The van der Waals surface area contributed by atoms with Gasteiger partial charge in [-0.25, -0.2) is 5.43 Å². The van der Waals surface area contributed by atoms with Crippen LogP contribution in [-0.2, 0) is 11.3 Å². The van der Waals surface area contributed by atoms with Crippen molar-refractivity contribution in [3.05, 3.63) is 68.2 Å². The number of nitrogens with zero attached hydrogens (tertiary/aromatic N) is 6. The van der Waals surface area contributed by atoms with Crippen LogP contribution < -0.4 is 5.43 Å². The first-order valence-electron chi connectivity index (χ1n) is 7.72. The molecule has 0 aliphatic rings. The number of hydrogen-bond acceptors (Lipinski definition) is 7. The predicted molar refractivity (Wildman–Crippen MR) is 102 cm³/mol. The molecule has 1 aromatic heterocycles. The molecule has 0 saturated carbocycles. The first-order chi connectivity index (χ1) is 13.4. The molecule has 10 nitrogen and oxygen atoms in total. The Morgan fingerprint density at radius 2 is 2.04 bits per heavy atom. The first-order valence-corrected chi connectivity index (χ1v) is 8.48. The lowest BCUT2D eigenvalue weighted by atomic mass is 10.2. The van der Waals surface area contributed by atoms with Crippen LogP contribution in [0.4, 0.5) is 5.69 Å². The van der Waals surface area contributed by atoms with Crippen molar-refractivity contribution in [1.82, 2.24) is 25.6 Å². The van der Waals surface area contributed by atoms with Crippen LogP contribution in [0.5, 0.6) is 0 Å².